The van der Waals surface area contributed by atoms with Crippen LogP contribution in [0.25, 0.3) is 0 Å². The van der Waals surface area contributed by atoms with Crippen LogP contribution >= 0.6 is 0 Å². The summed E-state index contributed by atoms with van der Waals surface area (Å²) in [5.74, 6) is 0.310. The molecule has 0 bridgehead atoms. The summed E-state index contributed by atoms with van der Waals surface area (Å²) in [4.78, 5) is 0. The molecule has 0 heterocycles. The molecule has 6 heteroatoms. The standard InChI is InChI=1S/C13H19F2NO3/c1-4-9(16)5-8-6-10(17-2)12(19-13(14)15)11(7-8)18-3/h6-7,9,13H,4-5,16H2,1-3H3. The maximum Gasteiger partial charge on any atom is 0.387 e. The molecule has 1 atom stereocenters. The zero-order valence-corrected chi connectivity index (χ0v) is 11.3. The lowest BCUT2D eigenvalue weighted by Crippen LogP contribution is -2.21. The second-order valence-electron chi connectivity index (χ2n) is 4.08. The molecule has 0 aliphatic heterocycles. The Morgan fingerprint density at radius 2 is 1.68 bits per heavy atom. The lowest BCUT2D eigenvalue weighted by Gasteiger charge is -2.16. The molecule has 1 unspecified atom stereocenters. The van der Waals surface area contributed by atoms with Crippen LogP contribution in [0.4, 0.5) is 8.78 Å². The molecule has 108 valence electrons. The van der Waals surface area contributed by atoms with Gasteiger partial charge in [-0.15, -0.1) is 0 Å². The summed E-state index contributed by atoms with van der Waals surface area (Å²) in [6, 6.07) is 3.27. The minimum atomic E-state index is -2.94. The highest BCUT2D eigenvalue weighted by atomic mass is 19.3. The highest BCUT2D eigenvalue weighted by molar-refractivity contribution is 5.54. The molecular formula is C13H19F2NO3. The van der Waals surface area contributed by atoms with Gasteiger partial charge in [-0.3, -0.25) is 0 Å². The van der Waals surface area contributed by atoms with Gasteiger partial charge in [0.1, 0.15) is 0 Å². The van der Waals surface area contributed by atoms with Gasteiger partial charge in [0.05, 0.1) is 14.2 Å². The quantitative estimate of drug-likeness (QED) is 0.831. The Morgan fingerprint density at radius 1 is 1.16 bits per heavy atom. The van der Waals surface area contributed by atoms with E-state index in [1.807, 2.05) is 6.92 Å². The second kappa shape index (κ2) is 7.13. The van der Waals surface area contributed by atoms with Crippen molar-refractivity contribution < 1.29 is 23.0 Å². The summed E-state index contributed by atoms with van der Waals surface area (Å²) in [5, 5.41) is 0. The van der Waals surface area contributed by atoms with Crippen molar-refractivity contribution in [1.82, 2.24) is 0 Å². The summed E-state index contributed by atoms with van der Waals surface area (Å²) >= 11 is 0. The number of ether oxygens (including phenoxy) is 3. The average molecular weight is 275 g/mol. The number of methoxy groups -OCH3 is 2. The molecule has 1 rings (SSSR count). The first-order valence-electron chi connectivity index (χ1n) is 5.97. The van der Waals surface area contributed by atoms with Crippen molar-refractivity contribution in [3.8, 4) is 17.2 Å². The Balaban J connectivity index is 3.12. The minimum Gasteiger partial charge on any atom is -0.493 e. The van der Waals surface area contributed by atoms with Crippen LogP contribution in [-0.4, -0.2) is 26.9 Å². The molecule has 0 saturated carbocycles. The van der Waals surface area contributed by atoms with Gasteiger partial charge in [0, 0.05) is 6.04 Å². The number of alkyl halides is 2. The summed E-state index contributed by atoms with van der Waals surface area (Å²) in [5.41, 5.74) is 6.73. The molecule has 1 aromatic carbocycles. The molecule has 0 radical (unpaired) electrons. The van der Waals surface area contributed by atoms with E-state index in [0.29, 0.717) is 6.42 Å². The van der Waals surface area contributed by atoms with Crippen molar-refractivity contribution in [1.29, 1.82) is 0 Å². The van der Waals surface area contributed by atoms with E-state index in [2.05, 4.69) is 4.74 Å². The van der Waals surface area contributed by atoms with E-state index < -0.39 is 6.61 Å². The largest absolute Gasteiger partial charge is 0.493 e. The molecule has 2 N–H and O–H groups in total. The van der Waals surface area contributed by atoms with Crippen LogP contribution < -0.4 is 19.9 Å². The molecule has 0 aliphatic carbocycles. The van der Waals surface area contributed by atoms with Gasteiger partial charge in [0.15, 0.2) is 11.5 Å². The van der Waals surface area contributed by atoms with E-state index in [9.17, 15) is 8.78 Å². The van der Waals surface area contributed by atoms with Gasteiger partial charge in [0.2, 0.25) is 5.75 Å². The maximum absolute atomic E-state index is 12.4. The molecular weight excluding hydrogens is 256 g/mol. The third kappa shape index (κ3) is 4.24. The van der Waals surface area contributed by atoms with Crippen molar-refractivity contribution in [2.24, 2.45) is 5.73 Å². The topological polar surface area (TPSA) is 53.7 Å². The first-order valence-corrected chi connectivity index (χ1v) is 5.97. The van der Waals surface area contributed by atoms with Crippen LogP contribution in [0.1, 0.15) is 18.9 Å². The smallest absolute Gasteiger partial charge is 0.387 e. The fourth-order valence-corrected chi connectivity index (χ4v) is 1.70. The molecule has 0 aromatic heterocycles. The molecule has 0 saturated heterocycles. The normalized spacial score (nSPS) is 12.4. The van der Waals surface area contributed by atoms with Gasteiger partial charge >= 0.3 is 6.61 Å². The van der Waals surface area contributed by atoms with Crippen LogP contribution in [0.15, 0.2) is 12.1 Å². The fourth-order valence-electron chi connectivity index (χ4n) is 1.70. The molecule has 0 amide bonds. The molecule has 4 nitrogen and oxygen atoms in total. The van der Waals surface area contributed by atoms with Crippen LogP contribution in [0.5, 0.6) is 17.2 Å². The fraction of sp³-hybridized carbons (Fsp3) is 0.538. The van der Waals surface area contributed by atoms with Crippen molar-refractivity contribution >= 4 is 0 Å². The predicted molar refractivity (Wildman–Crippen MR) is 68.1 cm³/mol. The van der Waals surface area contributed by atoms with Crippen molar-refractivity contribution in [2.45, 2.75) is 32.4 Å². The molecule has 0 aliphatic rings. The van der Waals surface area contributed by atoms with E-state index in [4.69, 9.17) is 15.2 Å². The predicted octanol–water partition coefficient (Wildman–Crippen LogP) is 2.59. The number of halogens is 2. The first kappa shape index (κ1) is 15.5. The average Bonchev–Trinajstić information content (AvgIpc) is 2.39. The van der Waals surface area contributed by atoms with Gasteiger partial charge in [-0.1, -0.05) is 6.92 Å². The lowest BCUT2D eigenvalue weighted by atomic mass is 10.0. The van der Waals surface area contributed by atoms with Gasteiger partial charge in [0.25, 0.3) is 0 Å². The second-order valence-corrected chi connectivity index (χ2v) is 4.08. The number of rotatable bonds is 7. The Labute approximate surface area is 111 Å². The van der Waals surface area contributed by atoms with Gasteiger partial charge in [-0.25, -0.2) is 0 Å². The summed E-state index contributed by atoms with van der Waals surface area (Å²) in [6.07, 6.45) is 1.43. The van der Waals surface area contributed by atoms with Crippen LogP contribution in [0, 0.1) is 0 Å². The Morgan fingerprint density at radius 3 is 2.05 bits per heavy atom. The lowest BCUT2D eigenvalue weighted by molar-refractivity contribution is -0.0526. The van der Waals surface area contributed by atoms with Crippen LogP contribution in [0.3, 0.4) is 0 Å². The highest BCUT2D eigenvalue weighted by Gasteiger charge is 2.18. The minimum absolute atomic E-state index is 0.00345. The van der Waals surface area contributed by atoms with Crippen LogP contribution in [-0.2, 0) is 6.42 Å². The molecule has 0 fully saturated rings. The van der Waals surface area contributed by atoms with E-state index in [0.717, 1.165) is 12.0 Å². The zero-order chi connectivity index (χ0) is 14.4. The van der Waals surface area contributed by atoms with Gasteiger partial charge in [-0.2, -0.15) is 8.78 Å². The SMILES string of the molecule is CCC(N)Cc1cc(OC)c(OC(F)F)c(OC)c1. The van der Waals surface area contributed by atoms with Gasteiger partial charge in [-0.05, 0) is 30.5 Å². The Hall–Kier alpha value is -1.56. The molecule has 0 spiro atoms. The van der Waals surface area contributed by atoms with E-state index >= 15 is 0 Å². The van der Waals surface area contributed by atoms with Crippen molar-refractivity contribution in [3.05, 3.63) is 17.7 Å². The van der Waals surface area contributed by atoms with E-state index in [-0.39, 0.29) is 23.3 Å². The number of benzene rings is 1. The molecule has 1 aromatic rings. The van der Waals surface area contributed by atoms with Crippen molar-refractivity contribution in [3.63, 3.8) is 0 Å². The van der Waals surface area contributed by atoms with E-state index in [1.54, 1.807) is 12.1 Å². The Bertz CT molecular complexity index is 388. The Kier molecular flexibility index (Phi) is 5.82. The highest BCUT2D eigenvalue weighted by Crippen LogP contribution is 2.39. The van der Waals surface area contributed by atoms with Crippen molar-refractivity contribution in [2.75, 3.05) is 14.2 Å². The summed E-state index contributed by atoms with van der Waals surface area (Å²) in [7, 11) is 2.77. The number of hydrogen-bond acceptors (Lipinski definition) is 4. The third-order valence-electron chi connectivity index (χ3n) is 2.75. The maximum atomic E-state index is 12.4. The van der Waals surface area contributed by atoms with Crippen LogP contribution in [0.2, 0.25) is 0 Å². The first-order chi connectivity index (χ1) is 9.01. The molecule has 19 heavy (non-hydrogen) atoms. The summed E-state index contributed by atoms with van der Waals surface area (Å²) < 4.78 is 39.3. The monoisotopic (exact) mass is 275 g/mol. The number of nitrogens with two attached hydrogens (primary N) is 1. The van der Waals surface area contributed by atoms with E-state index in [1.165, 1.54) is 14.2 Å². The van der Waals surface area contributed by atoms with Gasteiger partial charge < -0.3 is 19.9 Å². The zero-order valence-electron chi connectivity index (χ0n) is 11.3. The number of hydrogen-bond donors (Lipinski definition) is 1. The third-order valence-corrected chi connectivity index (χ3v) is 2.75. The summed E-state index contributed by atoms with van der Waals surface area (Å²) in [6.45, 7) is -0.959.